The Morgan fingerprint density at radius 1 is 0.895 bits per heavy atom. The summed E-state index contributed by atoms with van der Waals surface area (Å²) < 4.78 is 10.6. The molecule has 38 heavy (non-hydrogen) atoms. The van der Waals surface area contributed by atoms with E-state index in [2.05, 4.69) is 15.8 Å². The molecule has 0 bridgehead atoms. The van der Waals surface area contributed by atoms with Gasteiger partial charge >= 0.3 is 0 Å². The molecule has 3 aromatic carbocycles. The number of methoxy groups -OCH3 is 1. The number of anilines is 1. The van der Waals surface area contributed by atoms with Gasteiger partial charge in [0, 0.05) is 16.6 Å². The average Bonchev–Trinajstić information content (AvgIpc) is 3.51. The Balaban J connectivity index is 1.37. The van der Waals surface area contributed by atoms with Crippen molar-refractivity contribution >= 4 is 34.1 Å². The molecule has 0 atom stereocenters. The van der Waals surface area contributed by atoms with Crippen molar-refractivity contribution in [1.29, 1.82) is 0 Å². The van der Waals surface area contributed by atoms with Crippen LogP contribution in [0.2, 0.25) is 0 Å². The van der Waals surface area contributed by atoms with E-state index in [4.69, 9.17) is 14.1 Å². The van der Waals surface area contributed by atoms with E-state index in [1.807, 2.05) is 60.7 Å². The van der Waals surface area contributed by atoms with E-state index >= 15 is 0 Å². The van der Waals surface area contributed by atoms with Crippen LogP contribution in [0.3, 0.4) is 0 Å². The molecule has 0 aliphatic carbocycles. The Bertz CT molecular complexity index is 1640. The number of fused-ring (bicyclic) bond motifs is 1. The van der Waals surface area contributed by atoms with E-state index < -0.39 is 0 Å². The van der Waals surface area contributed by atoms with Crippen LogP contribution in [0.15, 0.2) is 107 Å². The lowest BCUT2D eigenvalue weighted by atomic mass is 10.0. The van der Waals surface area contributed by atoms with Gasteiger partial charge in [-0.25, -0.2) is 10.4 Å². The number of rotatable bonds is 7. The fourth-order valence-corrected chi connectivity index (χ4v) is 4.01. The van der Waals surface area contributed by atoms with Crippen molar-refractivity contribution in [3.63, 3.8) is 0 Å². The Hall–Kier alpha value is -5.24. The predicted molar refractivity (Wildman–Crippen MR) is 147 cm³/mol. The van der Waals surface area contributed by atoms with Crippen molar-refractivity contribution in [2.24, 2.45) is 5.10 Å². The van der Waals surface area contributed by atoms with Gasteiger partial charge in [-0.3, -0.25) is 9.59 Å². The standard InChI is InChI=1S/C30H24N4O4/c1-19(20-13-15-21(16-14-20)31-30(36)28-12-7-17-38-28)33-34-29(35)24-18-26(23-9-4-6-11-27(23)37-2)32-25-10-5-3-8-22(24)25/h3-18H,1-2H3,(H,31,36)(H,34,35)/b33-19-. The number of hydrogen-bond acceptors (Lipinski definition) is 6. The number of carbonyl (C=O) groups is 2. The molecule has 188 valence electrons. The molecule has 0 unspecified atom stereocenters. The zero-order chi connectivity index (χ0) is 26.5. The SMILES string of the molecule is COc1ccccc1-c1cc(C(=O)N/N=C(/C)c2ccc(NC(=O)c3ccco3)cc2)c2ccccc2n1. The van der Waals surface area contributed by atoms with Crippen LogP contribution >= 0.6 is 0 Å². The molecule has 0 fully saturated rings. The molecule has 2 amide bonds. The van der Waals surface area contributed by atoms with Crippen molar-refractivity contribution in [2.75, 3.05) is 12.4 Å². The number of furan rings is 1. The lowest BCUT2D eigenvalue weighted by Crippen LogP contribution is -2.20. The van der Waals surface area contributed by atoms with Gasteiger partial charge in [0.15, 0.2) is 5.76 Å². The van der Waals surface area contributed by atoms with Crippen LogP contribution in [0.5, 0.6) is 5.75 Å². The second-order valence-electron chi connectivity index (χ2n) is 8.42. The number of amides is 2. The number of nitrogens with zero attached hydrogens (tertiary/aromatic N) is 2. The van der Waals surface area contributed by atoms with Gasteiger partial charge in [0.2, 0.25) is 0 Å². The highest BCUT2D eigenvalue weighted by Crippen LogP contribution is 2.31. The fraction of sp³-hybridized carbons (Fsp3) is 0.0667. The second kappa shape index (κ2) is 10.8. The predicted octanol–water partition coefficient (Wildman–Crippen LogP) is 5.91. The molecule has 0 saturated heterocycles. The van der Waals surface area contributed by atoms with Crippen molar-refractivity contribution in [3.05, 3.63) is 114 Å². The van der Waals surface area contributed by atoms with Crippen molar-refractivity contribution < 1.29 is 18.7 Å². The Kier molecular flexibility index (Phi) is 6.95. The molecule has 8 nitrogen and oxygen atoms in total. The summed E-state index contributed by atoms with van der Waals surface area (Å²) in [7, 11) is 1.60. The van der Waals surface area contributed by atoms with Crippen molar-refractivity contribution in [1.82, 2.24) is 10.4 Å². The smallest absolute Gasteiger partial charge is 0.291 e. The van der Waals surface area contributed by atoms with E-state index in [1.54, 1.807) is 44.4 Å². The van der Waals surface area contributed by atoms with E-state index in [1.165, 1.54) is 6.26 Å². The minimum atomic E-state index is -0.360. The highest BCUT2D eigenvalue weighted by Gasteiger charge is 2.16. The Morgan fingerprint density at radius 2 is 1.66 bits per heavy atom. The minimum Gasteiger partial charge on any atom is -0.496 e. The molecular formula is C30H24N4O4. The highest BCUT2D eigenvalue weighted by molar-refractivity contribution is 6.08. The van der Waals surface area contributed by atoms with E-state index in [-0.39, 0.29) is 17.6 Å². The van der Waals surface area contributed by atoms with E-state index in [0.29, 0.717) is 39.3 Å². The first-order valence-corrected chi connectivity index (χ1v) is 11.9. The van der Waals surface area contributed by atoms with Crippen molar-refractivity contribution in [3.8, 4) is 17.0 Å². The molecule has 0 aliphatic heterocycles. The quantitative estimate of drug-likeness (QED) is 0.212. The summed E-state index contributed by atoms with van der Waals surface area (Å²) in [6, 6.07) is 27.1. The average molecular weight is 505 g/mol. The molecule has 5 rings (SSSR count). The van der Waals surface area contributed by atoms with Gasteiger partial charge < -0.3 is 14.5 Å². The molecule has 0 saturated carbocycles. The minimum absolute atomic E-state index is 0.229. The third kappa shape index (κ3) is 5.15. The normalized spacial score (nSPS) is 11.3. The number of carbonyl (C=O) groups excluding carboxylic acids is 2. The van der Waals surface area contributed by atoms with E-state index in [0.717, 1.165) is 11.1 Å². The molecule has 2 N–H and O–H groups in total. The zero-order valence-electron chi connectivity index (χ0n) is 20.8. The number of benzene rings is 3. The van der Waals surface area contributed by atoms with Gasteiger partial charge in [-0.1, -0.05) is 42.5 Å². The molecule has 0 radical (unpaired) electrons. The maximum absolute atomic E-state index is 13.3. The Labute approximate surface area is 219 Å². The summed E-state index contributed by atoms with van der Waals surface area (Å²) >= 11 is 0. The number of nitrogens with one attached hydrogen (secondary N) is 2. The molecule has 0 aliphatic rings. The van der Waals surface area contributed by atoms with Crippen molar-refractivity contribution in [2.45, 2.75) is 6.92 Å². The number of pyridine rings is 1. The third-order valence-corrected chi connectivity index (χ3v) is 5.97. The number of hydrogen-bond donors (Lipinski definition) is 2. The van der Waals surface area contributed by atoms with Gasteiger partial charge in [0.1, 0.15) is 5.75 Å². The van der Waals surface area contributed by atoms with Crippen LogP contribution in [0.25, 0.3) is 22.2 Å². The monoisotopic (exact) mass is 504 g/mol. The van der Waals surface area contributed by atoms with Crippen LogP contribution in [0.4, 0.5) is 5.69 Å². The van der Waals surface area contributed by atoms with Crippen LogP contribution in [0, 0.1) is 0 Å². The maximum Gasteiger partial charge on any atom is 0.291 e. The number of ether oxygens (including phenoxy) is 1. The molecule has 0 spiro atoms. The topological polar surface area (TPSA) is 106 Å². The zero-order valence-corrected chi connectivity index (χ0v) is 20.8. The first kappa shape index (κ1) is 24.5. The number of para-hydroxylation sites is 2. The van der Waals surface area contributed by atoms with Gasteiger partial charge in [-0.15, -0.1) is 0 Å². The lowest BCUT2D eigenvalue weighted by molar-refractivity contribution is 0.0955. The highest BCUT2D eigenvalue weighted by atomic mass is 16.5. The van der Waals surface area contributed by atoms with E-state index in [9.17, 15) is 9.59 Å². The summed E-state index contributed by atoms with van der Waals surface area (Å²) in [6.45, 7) is 1.79. The number of hydrazone groups is 1. The van der Waals surface area contributed by atoms with Crippen LogP contribution in [-0.2, 0) is 0 Å². The molecule has 5 aromatic rings. The Morgan fingerprint density at radius 3 is 2.42 bits per heavy atom. The van der Waals surface area contributed by atoms with Crippen LogP contribution < -0.4 is 15.5 Å². The van der Waals surface area contributed by atoms with Gasteiger partial charge in [-0.05, 0) is 61.0 Å². The summed E-state index contributed by atoms with van der Waals surface area (Å²) in [6.07, 6.45) is 1.44. The molecule has 2 heterocycles. The van der Waals surface area contributed by atoms with Gasteiger partial charge in [-0.2, -0.15) is 5.10 Å². The summed E-state index contributed by atoms with van der Waals surface area (Å²) in [5, 5.41) is 7.80. The molecule has 8 heteroatoms. The second-order valence-corrected chi connectivity index (χ2v) is 8.42. The van der Waals surface area contributed by atoms with Crippen LogP contribution in [-0.4, -0.2) is 29.6 Å². The molecule has 2 aromatic heterocycles. The summed E-state index contributed by atoms with van der Waals surface area (Å²) in [5.74, 6) is 0.199. The number of aromatic nitrogens is 1. The van der Waals surface area contributed by atoms with Crippen LogP contribution in [0.1, 0.15) is 33.4 Å². The largest absolute Gasteiger partial charge is 0.496 e. The van der Waals surface area contributed by atoms with Gasteiger partial charge in [0.05, 0.1) is 35.9 Å². The summed E-state index contributed by atoms with van der Waals surface area (Å²) in [5.41, 5.74) is 7.22. The third-order valence-electron chi connectivity index (χ3n) is 5.97. The summed E-state index contributed by atoms with van der Waals surface area (Å²) in [4.78, 5) is 30.2. The lowest BCUT2D eigenvalue weighted by Gasteiger charge is -2.12. The first-order chi connectivity index (χ1) is 18.5. The fourth-order valence-electron chi connectivity index (χ4n) is 4.01. The first-order valence-electron chi connectivity index (χ1n) is 11.9. The van der Waals surface area contributed by atoms with Gasteiger partial charge in [0.25, 0.3) is 11.8 Å². The maximum atomic E-state index is 13.3. The molecular weight excluding hydrogens is 480 g/mol.